The van der Waals surface area contributed by atoms with Crippen LogP contribution in [-0.4, -0.2) is 49.9 Å². The zero-order valence-electron chi connectivity index (χ0n) is 15.2. The minimum Gasteiger partial charge on any atom is -0.482 e. The first-order valence-corrected chi connectivity index (χ1v) is 9.23. The summed E-state index contributed by atoms with van der Waals surface area (Å²) in [5, 5.41) is 19.1. The number of methoxy groups -OCH3 is 1. The number of hydrogen-bond donors (Lipinski definition) is 3. The summed E-state index contributed by atoms with van der Waals surface area (Å²) < 4.78 is 9.87. The minimum absolute atomic E-state index is 0.100. The van der Waals surface area contributed by atoms with Crippen LogP contribution in [0, 0.1) is 0 Å². The molecule has 0 saturated heterocycles. The fraction of sp³-hybridized carbons (Fsp3) is 0.444. The summed E-state index contributed by atoms with van der Waals surface area (Å²) in [5.74, 6) is 0.478. The van der Waals surface area contributed by atoms with E-state index < -0.39 is 12.1 Å². The van der Waals surface area contributed by atoms with Gasteiger partial charge in [0, 0.05) is 25.5 Å². The molecule has 142 valence electrons. The van der Waals surface area contributed by atoms with Gasteiger partial charge in [-0.25, -0.2) is 9.78 Å². The lowest BCUT2D eigenvalue weighted by Gasteiger charge is -2.15. The summed E-state index contributed by atoms with van der Waals surface area (Å²) in [6.45, 7) is 3.17. The Balaban J connectivity index is 1.76. The van der Waals surface area contributed by atoms with Crippen molar-refractivity contribution >= 4 is 22.4 Å². The summed E-state index contributed by atoms with van der Waals surface area (Å²) in [7, 11) is 3.13. The van der Waals surface area contributed by atoms with Crippen LogP contribution in [0.15, 0.2) is 29.6 Å². The first-order chi connectivity index (χ1) is 12.5. The number of carbonyl (C=O) groups excluding carboxylic acids is 1. The van der Waals surface area contributed by atoms with Gasteiger partial charge >= 0.3 is 5.97 Å². The summed E-state index contributed by atoms with van der Waals surface area (Å²) in [6, 6.07) is 7.60. The van der Waals surface area contributed by atoms with E-state index in [0.29, 0.717) is 18.0 Å². The maximum Gasteiger partial charge on any atom is 0.343 e. The van der Waals surface area contributed by atoms with Crippen LogP contribution in [0.2, 0.25) is 0 Å². The van der Waals surface area contributed by atoms with Gasteiger partial charge in [-0.15, -0.1) is 11.3 Å². The number of esters is 1. The summed E-state index contributed by atoms with van der Waals surface area (Å²) in [5.41, 5.74) is 1.81. The Morgan fingerprint density at radius 2 is 2.04 bits per heavy atom. The molecule has 2 unspecified atom stereocenters. The molecule has 0 fully saturated rings. The predicted octanol–water partition coefficient (Wildman–Crippen LogP) is 2.16. The number of thiazole rings is 1. The van der Waals surface area contributed by atoms with Gasteiger partial charge in [-0.05, 0) is 23.6 Å². The molecule has 1 aromatic heterocycles. The molecule has 2 aromatic rings. The molecule has 0 spiro atoms. The number of nitrogens with one attached hydrogen (secondary N) is 2. The van der Waals surface area contributed by atoms with Crippen LogP contribution in [-0.2, 0) is 9.53 Å². The standard InChI is InChI=1S/C18H25N3O4S/c1-12(8-20-9-16(22)15-11-26-18(19-2)21-15)13-4-6-14(7-5-13)25-10-17(23)24-3/h4-7,11-12,16,20,22H,8-10H2,1-3H3,(H,19,21). The van der Waals surface area contributed by atoms with Gasteiger partial charge in [0.05, 0.1) is 12.8 Å². The zero-order valence-corrected chi connectivity index (χ0v) is 16.0. The van der Waals surface area contributed by atoms with E-state index in [1.807, 2.05) is 29.6 Å². The number of carbonyl (C=O) groups is 1. The summed E-state index contributed by atoms with van der Waals surface area (Å²) >= 11 is 1.47. The third-order valence-corrected chi connectivity index (χ3v) is 4.78. The van der Waals surface area contributed by atoms with Crippen LogP contribution in [0.5, 0.6) is 5.75 Å². The Morgan fingerprint density at radius 1 is 1.31 bits per heavy atom. The maximum atomic E-state index is 11.1. The molecule has 7 nitrogen and oxygen atoms in total. The maximum absolute atomic E-state index is 11.1. The van der Waals surface area contributed by atoms with Gasteiger partial charge < -0.3 is 25.2 Å². The van der Waals surface area contributed by atoms with Crippen molar-refractivity contribution in [2.45, 2.75) is 18.9 Å². The first-order valence-electron chi connectivity index (χ1n) is 8.35. The zero-order chi connectivity index (χ0) is 18.9. The fourth-order valence-electron chi connectivity index (χ4n) is 2.31. The molecule has 0 aliphatic carbocycles. The van der Waals surface area contributed by atoms with E-state index in [9.17, 15) is 9.90 Å². The van der Waals surface area contributed by atoms with E-state index in [-0.39, 0.29) is 12.5 Å². The highest BCUT2D eigenvalue weighted by Crippen LogP contribution is 2.21. The van der Waals surface area contributed by atoms with E-state index >= 15 is 0 Å². The molecule has 0 radical (unpaired) electrons. The van der Waals surface area contributed by atoms with Crippen molar-refractivity contribution in [1.82, 2.24) is 10.3 Å². The third kappa shape index (κ3) is 5.98. The number of aliphatic hydroxyl groups excluding tert-OH is 1. The smallest absolute Gasteiger partial charge is 0.343 e. The highest BCUT2D eigenvalue weighted by molar-refractivity contribution is 7.13. The second-order valence-corrected chi connectivity index (χ2v) is 6.69. The fourth-order valence-corrected chi connectivity index (χ4v) is 3.02. The van der Waals surface area contributed by atoms with Crippen LogP contribution in [0.4, 0.5) is 5.13 Å². The van der Waals surface area contributed by atoms with Gasteiger partial charge in [-0.3, -0.25) is 0 Å². The number of ether oxygens (including phenoxy) is 2. The van der Waals surface area contributed by atoms with E-state index in [1.54, 1.807) is 7.05 Å². The average molecular weight is 379 g/mol. The lowest BCUT2D eigenvalue weighted by atomic mass is 10.0. The number of rotatable bonds is 10. The molecular weight excluding hydrogens is 354 g/mol. The van der Waals surface area contributed by atoms with Gasteiger partial charge in [0.1, 0.15) is 11.9 Å². The van der Waals surface area contributed by atoms with E-state index in [2.05, 4.69) is 27.3 Å². The monoisotopic (exact) mass is 379 g/mol. The normalized spacial score (nSPS) is 13.1. The van der Waals surface area contributed by atoms with Crippen molar-refractivity contribution < 1.29 is 19.4 Å². The molecule has 0 saturated carbocycles. The molecule has 26 heavy (non-hydrogen) atoms. The Bertz CT molecular complexity index is 690. The lowest BCUT2D eigenvalue weighted by Crippen LogP contribution is -2.25. The summed E-state index contributed by atoms with van der Waals surface area (Å²) in [6.07, 6.45) is -0.630. The number of nitrogens with zero attached hydrogens (tertiary/aromatic N) is 1. The first kappa shape index (κ1) is 20.2. The van der Waals surface area contributed by atoms with Crippen LogP contribution in [0.1, 0.15) is 30.2 Å². The topological polar surface area (TPSA) is 92.7 Å². The molecule has 0 aliphatic heterocycles. The molecular formula is C18H25N3O4S. The largest absolute Gasteiger partial charge is 0.482 e. The minimum atomic E-state index is -0.630. The third-order valence-electron chi connectivity index (χ3n) is 3.90. The van der Waals surface area contributed by atoms with Crippen molar-refractivity contribution in [3.05, 3.63) is 40.9 Å². The Kier molecular flexibility index (Phi) is 7.83. The molecule has 3 N–H and O–H groups in total. The number of benzene rings is 1. The van der Waals surface area contributed by atoms with Gasteiger partial charge in [0.15, 0.2) is 11.7 Å². The van der Waals surface area contributed by atoms with Gasteiger partial charge in [-0.2, -0.15) is 0 Å². The number of hydrogen-bond acceptors (Lipinski definition) is 8. The number of anilines is 1. The lowest BCUT2D eigenvalue weighted by molar-refractivity contribution is -0.142. The summed E-state index contributed by atoms with van der Waals surface area (Å²) in [4.78, 5) is 15.4. The average Bonchev–Trinajstić information content (AvgIpc) is 3.15. The van der Waals surface area contributed by atoms with Crippen molar-refractivity contribution in [1.29, 1.82) is 0 Å². The molecule has 1 aromatic carbocycles. The van der Waals surface area contributed by atoms with E-state index in [0.717, 1.165) is 17.2 Å². The molecule has 8 heteroatoms. The predicted molar refractivity (Wildman–Crippen MR) is 102 cm³/mol. The van der Waals surface area contributed by atoms with E-state index in [1.165, 1.54) is 18.4 Å². The molecule has 0 amide bonds. The molecule has 0 bridgehead atoms. The van der Waals surface area contributed by atoms with Crippen molar-refractivity contribution in [3.63, 3.8) is 0 Å². The van der Waals surface area contributed by atoms with E-state index in [4.69, 9.17) is 4.74 Å². The number of aliphatic hydroxyl groups is 1. The number of aromatic nitrogens is 1. The van der Waals surface area contributed by atoms with Crippen molar-refractivity contribution in [2.75, 3.05) is 39.2 Å². The van der Waals surface area contributed by atoms with Gasteiger partial charge in [0.2, 0.25) is 0 Å². The van der Waals surface area contributed by atoms with Crippen molar-refractivity contribution in [2.24, 2.45) is 0 Å². The highest BCUT2D eigenvalue weighted by Gasteiger charge is 2.13. The van der Waals surface area contributed by atoms with Crippen LogP contribution in [0.3, 0.4) is 0 Å². The van der Waals surface area contributed by atoms with Gasteiger partial charge in [0.25, 0.3) is 0 Å². The Labute approximate surface area is 157 Å². The van der Waals surface area contributed by atoms with Crippen LogP contribution < -0.4 is 15.4 Å². The quantitative estimate of drug-likeness (QED) is 0.545. The molecule has 0 aliphatic rings. The molecule has 2 rings (SSSR count). The Morgan fingerprint density at radius 3 is 2.65 bits per heavy atom. The molecule has 2 atom stereocenters. The van der Waals surface area contributed by atoms with Crippen LogP contribution in [0.25, 0.3) is 0 Å². The van der Waals surface area contributed by atoms with Crippen LogP contribution >= 0.6 is 11.3 Å². The van der Waals surface area contributed by atoms with Crippen molar-refractivity contribution in [3.8, 4) is 5.75 Å². The molecule has 1 heterocycles. The highest BCUT2D eigenvalue weighted by atomic mass is 32.1. The second-order valence-electron chi connectivity index (χ2n) is 5.84. The van der Waals surface area contributed by atoms with Gasteiger partial charge in [-0.1, -0.05) is 19.1 Å². The SMILES string of the molecule is CNc1nc(C(O)CNCC(C)c2ccc(OCC(=O)OC)cc2)cs1. The second kappa shape index (κ2) is 10.1. The Hall–Kier alpha value is -2.16.